The van der Waals surface area contributed by atoms with Crippen LogP contribution in [0.2, 0.25) is 0 Å². The predicted octanol–water partition coefficient (Wildman–Crippen LogP) is 2.57. The number of hydrogen-bond acceptors (Lipinski definition) is 2. The molecule has 3 atom stereocenters. The van der Waals surface area contributed by atoms with E-state index in [0.29, 0.717) is 5.54 Å². The van der Waals surface area contributed by atoms with Crippen LogP contribution in [-0.2, 0) is 12.8 Å². The number of aliphatic imine (C=N–C) groups is 1. The smallest absolute Gasteiger partial charge is 0.0829 e. The third-order valence-electron chi connectivity index (χ3n) is 5.25. The molecule has 0 bridgehead atoms. The van der Waals surface area contributed by atoms with E-state index in [1.165, 1.54) is 32.1 Å². The fourth-order valence-electron chi connectivity index (χ4n) is 4.22. The Hall–Kier alpha value is -1.31. The molecule has 1 spiro atoms. The van der Waals surface area contributed by atoms with Gasteiger partial charge in [-0.25, -0.2) is 0 Å². The molecule has 2 aliphatic carbocycles. The van der Waals surface area contributed by atoms with Crippen molar-refractivity contribution < 1.29 is 0 Å². The predicted molar refractivity (Wildman–Crippen MR) is 73.9 cm³/mol. The summed E-state index contributed by atoms with van der Waals surface area (Å²) in [6, 6.07) is 9.03. The molecule has 2 nitrogen and oxygen atoms in total. The highest BCUT2D eigenvalue weighted by molar-refractivity contribution is 5.59. The van der Waals surface area contributed by atoms with Gasteiger partial charge in [0, 0.05) is 0 Å². The van der Waals surface area contributed by atoms with Crippen molar-refractivity contribution >= 4 is 6.34 Å². The minimum Gasteiger partial charge on any atom is -0.369 e. The zero-order valence-corrected chi connectivity index (χ0v) is 10.7. The molecule has 1 fully saturated rings. The van der Waals surface area contributed by atoms with Crippen molar-refractivity contribution in [1.82, 2.24) is 5.32 Å². The van der Waals surface area contributed by atoms with Gasteiger partial charge >= 0.3 is 0 Å². The molecule has 1 heterocycles. The normalized spacial score (nSPS) is 37.1. The van der Waals surface area contributed by atoms with E-state index >= 15 is 0 Å². The number of benzene rings is 1. The van der Waals surface area contributed by atoms with E-state index in [1.54, 1.807) is 11.1 Å². The van der Waals surface area contributed by atoms with Gasteiger partial charge in [-0.3, -0.25) is 4.99 Å². The lowest BCUT2D eigenvalue weighted by molar-refractivity contribution is 0.140. The molecule has 0 saturated heterocycles. The number of hydrogen-bond donors (Lipinski definition) is 1. The summed E-state index contributed by atoms with van der Waals surface area (Å²) in [5.74, 6) is 1.77. The zero-order chi connectivity index (χ0) is 12.0. The summed E-state index contributed by atoms with van der Waals surface area (Å²) in [6.45, 7) is 0.998. The Morgan fingerprint density at radius 2 is 1.89 bits per heavy atom. The molecule has 1 aromatic rings. The summed E-state index contributed by atoms with van der Waals surface area (Å²) >= 11 is 0. The van der Waals surface area contributed by atoms with Gasteiger partial charge in [0.15, 0.2) is 0 Å². The van der Waals surface area contributed by atoms with Crippen LogP contribution in [0, 0.1) is 11.8 Å². The van der Waals surface area contributed by atoms with Gasteiger partial charge in [-0.15, -0.1) is 0 Å². The van der Waals surface area contributed by atoms with Crippen LogP contribution < -0.4 is 5.32 Å². The SMILES string of the molecule is C1=NC[C@]2(CC[C@@H]3Cc4ccccc4C[C@H]3C2)N1. The monoisotopic (exact) mass is 240 g/mol. The first kappa shape index (κ1) is 10.6. The summed E-state index contributed by atoms with van der Waals surface area (Å²) in [5, 5.41) is 3.54. The van der Waals surface area contributed by atoms with Gasteiger partial charge < -0.3 is 5.32 Å². The van der Waals surface area contributed by atoms with Gasteiger partial charge in [0.1, 0.15) is 0 Å². The number of nitrogens with zero attached hydrogens (tertiary/aromatic N) is 1. The average Bonchev–Trinajstić information content (AvgIpc) is 2.85. The molecule has 18 heavy (non-hydrogen) atoms. The van der Waals surface area contributed by atoms with Crippen molar-refractivity contribution in [3.05, 3.63) is 35.4 Å². The fourth-order valence-corrected chi connectivity index (χ4v) is 4.22. The van der Waals surface area contributed by atoms with Crippen LogP contribution >= 0.6 is 0 Å². The molecule has 1 aromatic carbocycles. The van der Waals surface area contributed by atoms with Crippen molar-refractivity contribution in [2.45, 2.75) is 37.6 Å². The Kier molecular flexibility index (Phi) is 2.26. The molecule has 0 amide bonds. The largest absolute Gasteiger partial charge is 0.369 e. The van der Waals surface area contributed by atoms with Gasteiger partial charge in [-0.2, -0.15) is 0 Å². The van der Waals surface area contributed by atoms with E-state index in [1.807, 2.05) is 6.34 Å². The lowest BCUT2D eigenvalue weighted by Gasteiger charge is -2.45. The highest BCUT2D eigenvalue weighted by atomic mass is 15.1. The molecule has 0 radical (unpaired) electrons. The van der Waals surface area contributed by atoms with Crippen molar-refractivity contribution in [3.8, 4) is 0 Å². The van der Waals surface area contributed by atoms with Crippen LogP contribution in [-0.4, -0.2) is 18.4 Å². The first-order valence-corrected chi connectivity index (χ1v) is 7.17. The maximum Gasteiger partial charge on any atom is 0.0829 e. The van der Waals surface area contributed by atoms with Crippen LogP contribution in [0.3, 0.4) is 0 Å². The molecule has 1 N–H and O–H groups in total. The summed E-state index contributed by atoms with van der Waals surface area (Å²) in [5.41, 5.74) is 3.51. The van der Waals surface area contributed by atoms with Crippen molar-refractivity contribution in [1.29, 1.82) is 0 Å². The molecule has 2 heteroatoms. The second-order valence-electron chi connectivity index (χ2n) is 6.33. The van der Waals surface area contributed by atoms with E-state index in [4.69, 9.17) is 0 Å². The maximum atomic E-state index is 4.41. The first-order valence-electron chi connectivity index (χ1n) is 7.17. The molecular weight excluding hydrogens is 220 g/mol. The third kappa shape index (κ3) is 1.58. The molecule has 3 aliphatic rings. The Labute approximate surface area is 109 Å². The van der Waals surface area contributed by atoms with Crippen LogP contribution in [0.4, 0.5) is 0 Å². The van der Waals surface area contributed by atoms with Gasteiger partial charge in [0.2, 0.25) is 0 Å². The first-order chi connectivity index (χ1) is 8.85. The second kappa shape index (κ2) is 3.84. The highest BCUT2D eigenvalue weighted by Gasteiger charge is 2.43. The second-order valence-corrected chi connectivity index (χ2v) is 6.33. The van der Waals surface area contributed by atoms with Crippen LogP contribution in [0.1, 0.15) is 30.4 Å². The van der Waals surface area contributed by atoms with E-state index in [9.17, 15) is 0 Å². The quantitative estimate of drug-likeness (QED) is 0.740. The zero-order valence-electron chi connectivity index (χ0n) is 10.7. The molecular formula is C16H20N2. The molecule has 1 saturated carbocycles. The molecule has 94 valence electrons. The van der Waals surface area contributed by atoms with E-state index in [2.05, 4.69) is 34.6 Å². The lowest BCUT2D eigenvalue weighted by atomic mass is 9.63. The summed E-state index contributed by atoms with van der Waals surface area (Å²) in [6.07, 6.45) is 8.50. The standard InChI is InChI=1S/C16H20N2/c1-2-4-13-8-15-9-16(10-17-11-18-16)6-5-14(15)7-12(13)3-1/h1-4,11,14-15H,5-10H2,(H,17,18)/t14-,15+,16-/m1/s1. The van der Waals surface area contributed by atoms with E-state index in [0.717, 1.165) is 18.4 Å². The Bertz CT molecular complexity index is 484. The number of nitrogens with one attached hydrogen (secondary N) is 1. The van der Waals surface area contributed by atoms with Crippen LogP contribution in [0.5, 0.6) is 0 Å². The molecule has 0 aromatic heterocycles. The Morgan fingerprint density at radius 3 is 2.61 bits per heavy atom. The van der Waals surface area contributed by atoms with E-state index < -0.39 is 0 Å². The fraction of sp³-hybridized carbons (Fsp3) is 0.562. The molecule has 4 rings (SSSR count). The highest BCUT2D eigenvalue weighted by Crippen LogP contribution is 2.44. The topological polar surface area (TPSA) is 24.4 Å². The van der Waals surface area contributed by atoms with Gasteiger partial charge in [0.05, 0.1) is 18.4 Å². The maximum absolute atomic E-state index is 4.41. The van der Waals surface area contributed by atoms with Gasteiger partial charge in [-0.05, 0) is 55.1 Å². The average molecular weight is 240 g/mol. The van der Waals surface area contributed by atoms with Crippen molar-refractivity contribution in [3.63, 3.8) is 0 Å². The van der Waals surface area contributed by atoms with Crippen molar-refractivity contribution in [2.24, 2.45) is 16.8 Å². The van der Waals surface area contributed by atoms with Crippen LogP contribution in [0.15, 0.2) is 29.3 Å². The number of rotatable bonds is 0. The minimum absolute atomic E-state index is 0.313. The third-order valence-corrected chi connectivity index (χ3v) is 5.25. The Balaban J connectivity index is 1.59. The summed E-state index contributed by atoms with van der Waals surface area (Å²) in [4.78, 5) is 4.41. The minimum atomic E-state index is 0.313. The van der Waals surface area contributed by atoms with Crippen molar-refractivity contribution in [2.75, 3.05) is 6.54 Å². The lowest BCUT2D eigenvalue weighted by Crippen LogP contribution is -2.50. The molecule has 1 aliphatic heterocycles. The summed E-state index contributed by atoms with van der Waals surface area (Å²) < 4.78 is 0. The summed E-state index contributed by atoms with van der Waals surface area (Å²) in [7, 11) is 0. The Morgan fingerprint density at radius 1 is 1.11 bits per heavy atom. The van der Waals surface area contributed by atoms with Gasteiger partial charge in [-0.1, -0.05) is 24.3 Å². The van der Waals surface area contributed by atoms with Crippen LogP contribution in [0.25, 0.3) is 0 Å². The number of fused-ring (bicyclic) bond motifs is 2. The molecule has 0 unspecified atom stereocenters. The van der Waals surface area contributed by atoms with Gasteiger partial charge in [0.25, 0.3) is 0 Å². The van der Waals surface area contributed by atoms with E-state index in [-0.39, 0.29) is 0 Å².